The minimum absolute atomic E-state index is 0.0666. The molecule has 0 unspecified atom stereocenters. The molecule has 0 amide bonds. The number of benzene rings is 3. The molecule has 2 aliphatic carbocycles. The zero-order chi connectivity index (χ0) is 17.6. The first-order valence-corrected chi connectivity index (χ1v) is 9.30. The summed E-state index contributed by atoms with van der Waals surface area (Å²) in [5.74, 6) is 0. The van der Waals surface area contributed by atoms with E-state index in [1.807, 2.05) is 0 Å². The maximum absolute atomic E-state index is 7.15. The van der Waals surface area contributed by atoms with E-state index in [0.717, 1.165) is 5.02 Å². The topological polar surface area (TPSA) is 0 Å². The van der Waals surface area contributed by atoms with Crippen molar-refractivity contribution in [3.63, 3.8) is 0 Å². The molecule has 25 heavy (non-hydrogen) atoms. The number of hydrogen-bond acceptors (Lipinski definition) is 0. The van der Waals surface area contributed by atoms with Crippen LogP contribution < -0.4 is 0 Å². The standard InChI is InChI=1S/C24H21Cl/c1-23(2)18-11-7-5-9-14(18)16-13-17-15-10-6-8-12-19(15)24(3,4)21(17)22(25)20(16)23/h5-13H,1-4H3. The lowest BCUT2D eigenvalue weighted by Crippen LogP contribution is -2.20. The molecule has 0 heterocycles. The molecule has 0 saturated carbocycles. The molecule has 0 aliphatic heterocycles. The second-order valence-corrected chi connectivity index (χ2v) is 8.75. The molecule has 2 aliphatic rings. The summed E-state index contributed by atoms with van der Waals surface area (Å²) >= 11 is 7.15. The van der Waals surface area contributed by atoms with Crippen LogP contribution in [0.1, 0.15) is 49.9 Å². The summed E-state index contributed by atoms with van der Waals surface area (Å²) in [6.45, 7) is 9.19. The number of fused-ring (bicyclic) bond motifs is 6. The van der Waals surface area contributed by atoms with E-state index in [2.05, 4.69) is 82.3 Å². The smallest absolute Gasteiger partial charge is 0.0500 e. The number of hydrogen-bond donors (Lipinski definition) is 0. The fraction of sp³-hybridized carbons (Fsp3) is 0.250. The Morgan fingerprint density at radius 3 is 1.44 bits per heavy atom. The van der Waals surface area contributed by atoms with Gasteiger partial charge in [0, 0.05) is 15.9 Å². The van der Waals surface area contributed by atoms with E-state index in [1.165, 1.54) is 44.5 Å². The van der Waals surface area contributed by atoms with Crippen LogP contribution in [-0.4, -0.2) is 0 Å². The van der Waals surface area contributed by atoms with Crippen molar-refractivity contribution in [1.29, 1.82) is 0 Å². The predicted octanol–water partition coefficient (Wildman–Crippen LogP) is 6.95. The van der Waals surface area contributed by atoms with E-state index < -0.39 is 0 Å². The van der Waals surface area contributed by atoms with Gasteiger partial charge in [-0.15, -0.1) is 0 Å². The van der Waals surface area contributed by atoms with Crippen molar-refractivity contribution in [2.45, 2.75) is 38.5 Å². The average molecular weight is 345 g/mol. The van der Waals surface area contributed by atoms with Crippen molar-refractivity contribution < 1.29 is 0 Å². The lowest BCUT2D eigenvalue weighted by atomic mass is 9.77. The summed E-state index contributed by atoms with van der Waals surface area (Å²) in [6, 6.07) is 19.9. The van der Waals surface area contributed by atoms with Gasteiger partial charge < -0.3 is 0 Å². The Labute approximate surface area is 154 Å². The summed E-state index contributed by atoms with van der Waals surface area (Å²) in [5, 5.41) is 0.954. The van der Waals surface area contributed by atoms with Crippen molar-refractivity contribution in [1.82, 2.24) is 0 Å². The highest BCUT2D eigenvalue weighted by Crippen LogP contribution is 2.59. The molecule has 0 nitrogen and oxygen atoms in total. The van der Waals surface area contributed by atoms with Gasteiger partial charge in [0.2, 0.25) is 0 Å². The normalized spacial score (nSPS) is 17.6. The Bertz CT molecular complexity index is 972. The Balaban J connectivity index is 1.94. The first kappa shape index (κ1) is 15.2. The SMILES string of the molecule is CC1(C)c2ccccc2-c2cc3c(c(Cl)c21)C(C)(C)c1ccccc1-3. The molecule has 5 rings (SSSR count). The Morgan fingerprint density at radius 2 is 1.00 bits per heavy atom. The molecule has 3 aromatic carbocycles. The molecular formula is C24H21Cl. The Hall–Kier alpha value is -2.05. The fourth-order valence-electron chi connectivity index (χ4n) is 5.09. The molecule has 124 valence electrons. The van der Waals surface area contributed by atoms with Crippen LogP contribution in [0.5, 0.6) is 0 Å². The van der Waals surface area contributed by atoms with E-state index in [9.17, 15) is 0 Å². The van der Waals surface area contributed by atoms with E-state index >= 15 is 0 Å². The molecule has 0 spiro atoms. The monoisotopic (exact) mass is 344 g/mol. The van der Waals surface area contributed by atoms with Crippen LogP contribution in [0.2, 0.25) is 5.02 Å². The second kappa shape index (κ2) is 4.56. The van der Waals surface area contributed by atoms with Gasteiger partial charge in [-0.2, -0.15) is 0 Å². The first-order valence-electron chi connectivity index (χ1n) is 8.92. The zero-order valence-electron chi connectivity index (χ0n) is 15.1. The maximum Gasteiger partial charge on any atom is 0.0500 e. The van der Waals surface area contributed by atoms with Crippen LogP contribution in [0.25, 0.3) is 22.3 Å². The van der Waals surface area contributed by atoms with Gasteiger partial charge in [-0.25, -0.2) is 0 Å². The molecule has 0 N–H and O–H groups in total. The van der Waals surface area contributed by atoms with Crippen molar-refractivity contribution in [2.24, 2.45) is 0 Å². The van der Waals surface area contributed by atoms with Crippen LogP contribution in [-0.2, 0) is 10.8 Å². The van der Waals surface area contributed by atoms with Gasteiger partial charge in [0.1, 0.15) is 0 Å². The van der Waals surface area contributed by atoms with Gasteiger partial charge in [-0.05, 0) is 50.6 Å². The number of halogens is 1. The van der Waals surface area contributed by atoms with Crippen LogP contribution >= 0.6 is 11.6 Å². The summed E-state index contributed by atoms with van der Waals surface area (Å²) in [7, 11) is 0. The molecule has 0 bridgehead atoms. The summed E-state index contributed by atoms with van der Waals surface area (Å²) in [4.78, 5) is 0. The molecule has 0 atom stereocenters. The summed E-state index contributed by atoms with van der Waals surface area (Å²) in [5.41, 5.74) is 10.5. The van der Waals surface area contributed by atoms with Crippen LogP contribution in [0, 0.1) is 0 Å². The van der Waals surface area contributed by atoms with Crippen molar-refractivity contribution in [3.8, 4) is 22.3 Å². The Kier molecular flexibility index (Phi) is 2.78. The third-order valence-electron chi connectivity index (χ3n) is 6.30. The van der Waals surface area contributed by atoms with Crippen LogP contribution in [0.15, 0.2) is 54.6 Å². The van der Waals surface area contributed by atoms with Gasteiger partial charge in [0.25, 0.3) is 0 Å². The largest absolute Gasteiger partial charge is 0.0836 e. The predicted molar refractivity (Wildman–Crippen MR) is 107 cm³/mol. The average Bonchev–Trinajstić information content (AvgIpc) is 2.96. The minimum Gasteiger partial charge on any atom is -0.0836 e. The highest BCUT2D eigenvalue weighted by Gasteiger charge is 2.44. The van der Waals surface area contributed by atoms with Gasteiger partial charge in [0.15, 0.2) is 0 Å². The van der Waals surface area contributed by atoms with Gasteiger partial charge in [-0.1, -0.05) is 87.8 Å². The quantitative estimate of drug-likeness (QED) is 0.413. The third-order valence-corrected chi connectivity index (χ3v) is 6.68. The summed E-state index contributed by atoms with van der Waals surface area (Å²) < 4.78 is 0. The fourth-order valence-corrected chi connectivity index (χ4v) is 5.77. The van der Waals surface area contributed by atoms with Gasteiger partial charge >= 0.3 is 0 Å². The molecule has 0 radical (unpaired) electrons. The molecule has 0 saturated heterocycles. The van der Waals surface area contributed by atoms with E-state index in [4.69, 9.17) is 11.6 Å². The van der Waals surface area contributed by atoms with Gasteiger partial charge in [0.05, 0.1) is 0 Å². The Morgan fingerprint density at radius 1 is 0.600 bits per heavy atom. The molecular weight excluding hydrogens is 324 g/mol. The van der Waals surface area contributed by atoms with Crippen molar-refractivity contribution in [3.05, 3.63) is 81.9 Å². The summed E-state index contributed by atoms with van der Waals surface area (Å²) in [6.07, 6.45) is 0. The van der Waals surface area contributed by atoms with E-state index in [0.29, 0.717) is 0 Å². The van der Waals surface area contributed by atoms with Crippen LogP contribution in [0.3, 0.4) is 0 Å². The second-order valence-electron chi connectivity index (χ2n) is 8.38. The van der Waals surface area contributed by atoms with Crippen molar-refractivity contribution in [2.75, 3.05) is 0 Å². The molecule has 3 aromatic rings. The first-order chi connectivity index (χ1) is 11.8. The van der Waals surface area contributed by atoms with Crippen molar-refractivity contribution >= 4 is 11.6 Å². The third kappa shape index (κ3) is 1.69. The lowest BCUT2D eigenvalue weighted by molar-refractivity contribution is 0.640. The zero-order valence-corrected chi connectivity index (χ0v) is 15.8. The number of rotatable bonds is 0. The van der Waals surface area contributed by atoms with Gasteiger partial charge in [-0.3, -0.25) is 0 Å². The maximum atomic E-state index is 7.15. The van der Waals surface area contributed by atoms with E-state index in [1.54, 1.807) is 0 Å². The highest BCUT2D eigenvalue weighted by atomic mass is 35.5. The van der Waals surface area contributed by atoms with E-state index in [-0.39, 0.29) is 10.8 Å². The molecule has 1 heteroatoms. The lowest BCUT2D eigenvalue weighted by Gasteiger charge is -2.28. The molecule has 0 fully saturated rings. The molecule has 0 aromatic heterocycles. The minimum atomic E-state index is -0.0666. The van der Waals surface area contributed by atoms with Crippen LogP contribution in [0.4, 0.5) is 0 Å². The highest BCUT2D eigenvalue weighted by molar-refractivity contribution is 6.34.